The van der Waals surface area contributed by atoms with Gasteiger partial charge in [0.1, 0.15) is 0 Å². The molecule has 0 fully saturated rings. The largest absolute Gasteiger partial charge is 0.396 e. The quantitative estimate of drug-likeness (QED) is 0.665. The molecule has 0 spiro atoms. The Bertz CT molecular complexity index is 555. The van der Waals surface area contributed by atoms with E-state index in [1.54, 1.807) is 12.1 Å². The van der Waals surface area contributed by atoms with Crippen molar-refractivity contribution in [1.82, 2.24) is 5.32 Å². The Hall–Kier alpha value is -1.76. The molecule has 106 valence electrons. The van der Waals surface area contributed by atoms with Crippen LogP contribution in [0.25, 0.3) is 0 Å². The summed E-state index contributed by atoms with van der Waals surface area (Å²) in [5.41, 5.74) is 6.35. The second-order valence-electron chi connectivity index (χ2n) is 4.19. The first-order valence-electron chi connectivity index (χ1n) is 5.95. The van der Waals surface area contributed by atoms with E-state index < -0.39 is 9.84 Å². The van der Waals surface area contributed by atoms with Crippen LogP contribution >= 0.6 is 0 Å². The van der Waals surface area contributed by atoms with Gasteiger partial charge in [0, 0.05) is 12.8 Å². The Morgan fingerprint density at radius 2 is 2.05 bits per heavy atom. The number of amides is 1. The van der Waals surface area contributed by atoms with Crippen LogP contribution in [-0.4, -0.2) is 33.7 Å². The fraction of sp³-hybridized carbons (Fsp3) is 0.417. The van der Waals surface area contributed by atoms with Crippen LogP contribution in [0.2, 0.25) is 0 Å². The number of hydrogen-bond donors (Lipinski definition) is 3. The van der Waals surface area contributed by atoms with Crippen molar-refractivity contribution in [2.75, 3.05) is 30.4 Å². The van der Waals surface area contributed by atoms with Gasteiger partial charge in [0.2, 0.25) is 5.91 Å². The Morgan fingerprint density at radius 3 is 2.63 bits per heavy atom. The van der Waals surface area contributed by atoms with Crippen molar-refractivity contribution in [3.05, 3.63) is 18.2 Å². The third-order valence-corrected chi connectivity index (χ3v) is 3.63. The average molecular weight is 285 g/mol. The summed E-state index contributed by atoms with van der Waals surface area (Å²) in [4.78, 5) is 11.5. The molecule has 4 N–H and O–H groups in total. The van der Waals surface area contributed by atoms with Gasteiger partial charge >= 0.3 is 0 Å². The monoisotopic (exact) mass is 285 g/mol. The lowest BCUT2D eigenvalue weighted by atomic mass is 10.2. The molecular weight excluding hydrogens is 266 g/mol. The zero-order chi connectivity index (χ0) is 14.5. The highest BCUT2D eigenvalue weighted by Gasteiger charge is 2.14. The molecule has 1 rings (SSSR count). The molecule has 0 aliphatic heterocycles. The van der Waals surface area contributed by atoms with Gasteiger partial charge in [-0.05, 0) is 18.6 Å². The number of para-hydroxylation sites is 1. The number of nitrogens with one attached hydrogen (secondary N) is 2. The molecule has 0 bridgehead atoms. The normalized spacial score (nSPS) is 11.1. The predicted octanol–water partition coefficient (Wildman–Crippen LogP) is 0.610. The number of nitrogen functional groups attached to an aromatic ring is 1. The van der Waals surface area contributed by atoms with Crippen molar-refractivity contribution in [3.63, 3.8) is 0 Å². The first kappa shape index (κ1) is 15.3. The second kappa shape index (κ2) is 6.42. The Balaban J connectivity index is 2.78. The standard InChI is InChI=1S/C12H19N3O3S/c1-3-7-14-11(16)8-15-9-5-4-6-10(12(9)13)19(2,17)18/h4-6,15H,3,7-8,13H2,1-2H3,(H,14,16). The molecule has 1 aromatic carbocycles. The van der Waals surface area contributed by atoms with Crippen LogP contribution in [0.3, 0.4) is 0 Å². The number of anilines is 2. The van der Waals surface area contributed by atoms with Crippen LogP contribution in [0.5, 0.6) is 0 Å². The van der Waals surface area contributed by atoms with E-state index in [4.69, 9.17) is 5.73 Å². The van der Waals surface area contributed by atoms with Gasteiger partial charge in [0.25, 0.3) is 0 Å². The third-order valence-electron chi connectivity index (χ3n) is 2.48. The third kappa shape index (κ3) is 4.44. The summed E-state index contributed by atoms with van der Waals surface area (Å²) in [5.74, 6) is -0.161. The smallest absolute Gasteiger partial charge is 0.239 e. The maximum atomic E-state index is 11.5. The summed E-state index contributed by atoms with van der Waals surface area (Å²) in [5, 5.41) is 5.54. The van der Waals surface area contributed by atoms with Crippen LogP contribution in [-0.2, 0) is 14.6 Å². The fourth-order valence-corrected chi connectivity index (χ4v) is 2.36. The molecule has 0 unspecified atom stereocenters. The highest BCUT2D eigenvalue weighted by molar-refractivity contribution is 7.90. The zero-order valence-electron chi connectivity index (χ0n) is 11.1. The lowest BCUT2D eigenvalue weighted by Crippen LogP contribution is -2.30. The van der Waals surface area contributed by atoms with Gasteiger partial charge < -0.3 is 16.4 Å². The van der Waals surface area contributed by atoms with Crippen LogP contribution < -0.4 is 16.4 Å². The molecule has 0 atom stereocenters. The molecule has 0 saturated carbocycles. The van der Waals surface area contributed by atoms with Crippen molar-refractivity contribution >= 4 is 27.1 Å². The summed E-state index contributed by atoms with van der Waals surface area (Å²) < 4.78 is 23.0. The molecule has 1 aromatic rings. The number of carbonyl (C=O) groups is 1. The highest BCUT2D eigenvalue weighted by Crippen LogP contribution is 2.26. The van der Waals surface area contributed by atoms with E-state index in [9.17, 15) is 13.2 Å². The lowest BCUT2D eigenvalue weighted by Gasteiger charge is -2.12. The molecule has 7 heteroatoms. The molecule has 0 aromatic heterocycles. The number of carbonyl (C=O) groups excluding carboxylic acids is 1. The van der Waals surface area contributed by atoms with Crippen molar-refractivity contribution in [2.45, 2.75) is 18.2 Å². The highest BCUT2D eigenvalue weighted by atomic mass is 32.2. The van der Waals surface area contributed by atoms with Crippen LogP contribution in [0.4, 0.5) is 11.4 Å². The number of benzene rings is 1. The van der Waals surface area contributed by atoms with Crippen molar-refractivity contribution < 1.29 is 13.2 Å². The molecule has 0 aliphatic rings. The maximum absolute atomic E-state index is 11.5. The fourth-order valence-electron chi connectivity index (χ4n) is 1.52. The van der Waals surface area contributed by atoms with Gasteiger partial charge in [0.15, 0.2) is 9.84 Å². The first-order chi connectivity index (χ1) is 8.86. The van der Waals surface area contributed by atoms with Crippen molar-refractivity contribution in [1.29, 1.82) is 0 Å². The first-order valence-corrected chi connectivity index (χ1v) is 7.84. The molecule has 6 nitrogen and oxygen atoms in total. The molecule has 1 amide bonds. The van der Waals surface area contributed by atoms with Gasteiger partial charge in [-0.15, -0.1) is 0 Å². The topological polar surface area (TPSA) is 101 Å². The zero-order valence-corrected chi connectivity index (χ0v) is 11.9. The van der Waals surface area contributed by atoms with Gasteiger partial charge in [-0.3, -0.25) is 4.79 Å². The van der Waals surface area contributed by atoms with Gasteiger partial charge in [-0.25, -0.2) is 8.42 Å². The van der Waals surface area contributed by atoms with Crippen LogP contribution in [0.15, 0.2) is 23.1 Å². The van der Waals surface area contributed by atoms with Crippen LogP contribution in [0, 0.1) is 0 Å². The second-order valence-corrected chi connectivity index (χ2v) is 6.18. The minimum atomic E-state index is -3.37. The number of hydrogen-bond acceptors (Lipinski definition) is 5. The summed E-state index contributed by atoms with van der Waals surface area (Å²) >= 11 is 0. The van der Waals surface area contributed by atoms with E-state index in [2.05, 4.69) is 10.6 Å². The molecule has 0 saturated heterocycles. The maximum Gasteiger partial charge on any atom is 0.239 e. The SMILES string of the molecule is CCCNC(=O)CNc1cccc(S(C)(=O)=O)c1N. The molecular formula is C12H19N3O3S. The Labute approximate surface area is 113 Å². The molecule has 0 radical (unpaired) electrons. The summed E-state index contributed by atoms with van der Waals surface area (Å²) in [6, 6.07) is 4.66. The van der Waals surface area contributed by atoms with E-state index in [-0.39, 0.29) is 23.0 Å². The number of rotatable bonds is 6. The van der Waals surface area contributed by atoms with Gasteiger partial charge in [0.05, 0.1) is 22.8 Å². The summed E-state index contributed by atoms with van der Waals surface area (Å²) in [6.45, 7) is 2.62. The Kier molecular flexibility index (Phi) is 5.17. The van der Waals surface area contributed by atoms with E-state index >= 15 is 0 Å². The minimum absolute atomic E-state index is 0.0530. The Morgan fingerprint density at radius 1 is 1.37 bits per heavy atom. The summed E-state index contributed by atoms with van der Waals surface area (Å²) in [7, 11) is -3.37. The van der Waals surface area contributed by atoms with Crippen molar-refractivity contribution in [2.24, 2.45) is 0 Å². The molecule has 19 heavy (non-hydrogen) atoms. The predicted molar refractivity (Wildman–Crippen MR) is 75.8 cm³/mol. The van der Waals surface area contributed by atoms with E-state index in [0.717, 1.165) is 12.7 Å². The van der Waals surface area contributed by atoms with E-state index in [1.807, 2.05) is 6.92 Å². The van der Waals surface area contributed by atoms with Crippen molar-refractivity contribution in [3.8, 4) is 0 Å². The van der Waals surface area contributed by atoms with E-state index in [1.165, 1.54) is 6.07 Å². The average Bonchev–Trinajstić information content (AvgIpc) is 2.33. The summed E-state index contributed by atoms with van der Waals surface area (Å²) in [6.07, 6.45) is 1.95. The van der Waals surface area contributed by atoms with E-state index in [0.29, 0.717) is 12.2 Å². The number of sulfone groups is 1. The van der Waals surface area contributed by atoms with Gasteiger partial charge in [-0.1, -0.05) is 13.0 Å². The van der Waals surface area contributed by atoms with Gasteiger partial charge in [-0.2, -0.15) is 0 Å². The lowest BCUT2D eigenvalue weighted by molar-refractivity contribution is -0.119. The molecule has 0 heterocycles. The molecule has 0 aliphatic carbocycles. The number of nitrogens with two attached hydrogens (primary N) is 1. The van der Waals surface area contributed by atoms with Crippen LogP contribution in [0.1, 0.15) is 13.3 Å². The minimum Gasteiger partial charge on any atom is -0.396 e.